The molecule has 2 heterocycles. The van der Waals surface area contributed by atoms with Crippen LogP contribution < -0.4 is 10.1 Å². The molecule has 0 radical (unpaired) electrons. The first-order chi connectivity index (χ1) is 12.8. The number of ether oxygens (including phenoxy) is 1. The van der Waals surface area contributed by atoms with E-state index in [1.54, 1.807) is 17.4 Å². The minimum absolute atomic E-state index is 0.0107. The number of amides is 1. The molecule has 2 aromatic heterocycles. The second-order valence-corrected chi connectivity index (χ2v) is 7.41. The number of halogens is 3. The van der Waals surface area contributed by atoms with E-state index in [0.717, 1.165) is 22.6 Å². The van der Waals surface area contributed by atoms with Gasteiger partial charge in [-0.15, -0.1) is 24.5 Å². The molecule has 9 heteroatoms. The number of rotatable bonds is 6. The lowest BCUT2D eigenvalue weighted by Gasteiger charge is -2.11. The fourth-order valence-electron chi connectivity index (χ4n) is 2.29. The Morgan fingerprint density at radius 3 is 2.52 bits per heavy atom. The standard InChI is InChI=1S/C18H14F3NO3S2/c19-18(20,21)25-13-3-1-11(2-4-13)17(24)22-9-14(23)16-6-5-15(27-16)12-7-8-26-10-12/h1-8,10,14,23H,9H2,(H,22,24). The molecule has 3 aromatic rings. The van der Waals surface area contributed by atoms with E-state index in [2.05, 4.69) is 10.1 Å². The van der Waals surface area contributed by atoms with Gasteiger partial charge in [0.2, 0.25) is 0 Å². The van der Waals surface area contributed by atoms with E-state index in [1.165, 1.54) is 23.5 Å². The Kier molecular flexibility index (Phi) is 5.83. The molecule has 27 heavy (non-hydrogen) atoms. The molecule has 0 saturated heterocycles. The van der Waals surface area contributed by atoms with Gasteiger partial charge in [0.1, 0.15) is 11.9 Å². The Morgan fingerprint density at radius 2 is 1.89 bits per heavy atom. The van der Waals surface area contributed by atoms with E-state index in [1.807, 2.05) is 22.9 Å². The Labute approximate surface area is 160 Å². The van der Waals surface area contributed by atoms with Gasteiger partial charge >= 0.3 is 6.36 Å². The van der Waals surface area contributed by atoms with Gasteiger partial charge in [-0.05, 0) is 53.2 Å². The van der Waals surface area contributed by atoms with Crippen LogP contribution >= 0.6 is 22.7 Å². The highest BCUT2D eigenvalue weighted by Gasteiger charge is 2.31. The number of nitrogens with one attached hydrogen (secondary N) is 1. The zero-order chi connectivity index (χ0) is 19.4. The van der Waals surface area contributed by atoms with Gasteiger partial charge in [0, 0.05) is 27.4 Å². The third kappa shape index (κ3) is 5.31. The highest BCUT2D eigenvalue weighted by Crippen LogP contribution is 2.32. The van der Waals surface area contributed by atoms with Crippen LogP contribution in [0, 0.1) is 0 Å². The normalized spacial score (nSPS) is 12.6. The molecule has 0 fully saturated rings. The van der Waals surface area contributed by atoms with Crippen LogP contribution in [0.5, 0.6) is 5.75 Å². The van der Waals surface area contributed by atoms with Crippen molar-refractivity contribution in [1.29, 1.82) is 0 Å². The molecule has 4 nitrogen and oxygen atoms in total. The zero-order valence-electron chi connectivity index (χ0n) is 13.7. The second-order valence-electron chi connectivity index (χ2n) is 5.51. The van der Waals surface area contributed by atoms with Crippen molar-refractivity contribution in [2.45, 2.75) is 12.5 Å². The maximum atomic E-state index is 12.1. The molecule has 0 aliphatic carbocycles. The van der Waals surface area contributed by atoms with Crippen LogP contribution in [0.4, 0.5) is 13.2 Å². The summed E-state index contributed by atoms with van der Waals surface area (Å²) in [6.45, 7) is -0.0107. The van der Waals surface area contributed by atoms with E-state index in [-0.39, 0.29) is 12.1 Å². The summed E-state index contributed by atoms with van der Waals surface area (Å²) in [7, 11) is 0. The average Bonchev–Trinajstić information content (AvgIpc) is 3.29. The third-order valence-corrected chi connectivity index (χ3v) is 5.49. The summed E-state index contributed by atoms with van der Waals surface area (Å²) >= 11 is 3.02. The number of carbonyl (C=O) groups is 1. The molecule has 3 rings (SSSR count). The highest BCUT2D eigenvalue weighted by molar-refractivity contribution is 7.16. The van der Waals surface area contributed by atoms with Gasteiger partial charge in [-0.25, -0.2) is 0 Å². The molecule has 0 bridgehead atoms. The smallest absolute Gasteiger partial charge is 0.406 e. The van der Waals surface area contributed by atoms with Gasteiger partial charge in [0.25, 0.3) is 5.91 Å². The van der Waals surface area contributed by atoms with Gasteiger partial charge < -0.3 is 15.2 Å². The topological polar surface area (TPSA) is 58.6 Å². The largest absolute Gasteiger partial charge is 0.573 e. The molecule has 0 aliphatic heterocycles. The van der Waals surface area contributed by atoms with Crippen molar-refractivity contribution in [3.8, 4) is 16.2 Å². The number of hydrogen-bond donors (Lipinski definition) is 2. The fourth-order valence-corrected chi connectivity index (χ4v) is 4.01. The van der Waals surface area contributed by atoms with Crippen LogP contribution in [-0.4, -0.2) is 23.9 Å². The Bertz CT molecular complexity index is 889. The first-order valence-corrected chi connectivity index (χ1v) is 9.52. The molecular weight excluding hydrogens is 399 g/mol. The number of thiophene rings is 2. The molecule has 0 aliphatic rings. The predicted molar refractivity (Wildman–Crippen MR) is 98.1 cm³/mol. The fraction of sp³-hybridized carbons (Fsp3) is 0.167. The number of hydrogen-bond acceptors (Lipinski definition) is 5. The monoisotopic (exact) mass is 413 g/mol. The Morgan fingerprint density at radius 1 is 1.15 bits per heavy atom. The van der Waals surface area contributed by atoms with Crippen LogP contribution in [-0.2, 0) is 0 Å². The van der Waals surface area contributed by atoms with Crippen molar-refractivity contribution in [2.75, 3.05) is 6.54 Å². The van der Waals surface area contributed by atoms with Crippen LogP contribution in [0.2, 0.25) is 0 Å². The minimum atomic E-state index is -4.78. The molecule has 1 atom stereocenters. The molecular formula is C18H14F3NO3S2. The summed E-state index contributed by atoms with van der Waals surface area (Å²) < 4.78 is 40.2. The molecule has 1 amide bonds. The second kappa shape index (κ2) is 8.12. The summed E-state index contributed by atoms with van der Waals surface area (Å²) in [6.07, 6.45) is -5.66. The molecule has 0 saturated carbocycles. The first-order valence-electron chi connectivity index (χ1n) is 7.76. The maximum absolute atomic E-state index is 12.1. The van der Waals surface area contributed by atoms with E-state index >= 15 is 0 Å². The maximum Gasteiger partial charge on any atom is 0.573 e. The molecule has 1 unspecified atom stereocenters. The molecule has 142 valence electrons. The van der Waals surface area contributed by atoms with Gasteiger partial charge in [0.05, 0.1) is 0 Å². The third-order valence-electron chi connectivity index (χ3n) is 3.57. The van der Waals surface area contributed by atoms with Crippen LogP contribution in [0.15, 0.2) is 53.2 Å². The van der Waals surface area contributed by atoms with Crippen LogP contribution in [0.3, 0.4) is 0 Å². The zero-order valence-corrected chi connectivity index (χ0v) is 15.3. The Hall–Kier alpha value is -2.36. The number of aliphatic hydroxyl groups is 1. The van der Waals surface area contributed by atoms with E-state index in [4.69, 9.17) is 0 Å². The van der Waals surface area contributed by atoms with Gasteiger partial charge in [-0.2, -0.15) is 11.3 Å². The number of alkyl halides is 3. The van der Waals surface area contributed by atoms with Crippen molar-refractivity contribution < 1.29 is 27.8 Å². The van der Waals surface area contributed by atoms with Crippen molar-refractivity contribution in [3.63, 3.8) is 0 Å². The summed E-state index contributed by atoms with van der Waals surface area (Å²) in [5, 5.41) is 16.8. The summed E-state index contributed by atoms with van der Waals surface area (Å²) in [5.74, 6) is -0.902. The lowest BCUT2D eigenvalue weighted by molar-refractivity contribution is -0.274. The summed E-state index contributed by atoms with van der Waals surface area (Å²) in [4.78, 5) is 13.8. The predicted octanol–water partition coefficient (Wildman–Crippen LogP) is 4.84. The quantitative estimate of drug-likeness (QED) is 0.608. The SMILES string of the molecule is O=C(NCC(O)c1ccc(-c2ccsc2)s1)c1ccc(OC(F)(F)F)cc1. The Balaban J connectivity index is 1.55. The van der Waals surface area contributed by atoms with Crippen LogP contribution in [0.1, 0.15) is 21.3 Å². The first kappa shape index (κ1) is 19.4. The molecule has 2 N–H and O–H groups in total. The molecule has 0 spiro atoms. The highest BCUT2D eigenvalue weighted by atomic mass is 32.1. The van der Waals surface area contributed by atoms with Gasteiger partial charge in [-0.3, -0.25) is 4.79 Å². The summed E-state index contributed by atoms with van der Waals surface area (Å²) in [6, 6.07) is 10.3. The van der Waals surface area contributed by atoms with Crippen LogP contribution in [0.25, 0.3) is 10.4 Å². The molecule has 1 aromatic carbocycles. The lowest BCUT2D eigenvalue weighted by atomic mass is 10.2. The summed E-state index contributed by atoms with van der Waals surface area (Å²) in [5.41, 5.74) is 1.25. The van der Waals surface area contributed by atoms with E-state index in [0.29, 0.717) is 4.88 Å². The number of carbonyl (C=O) groups excluding carboxylic acids is 1. The van der Waals surface area contributed by atoms with Gasteiger partial charge in [-0.1, -0.05) is 0 Å². The van der Waals surface area contributed by atoms with Gasteiger partial charge in [0.15, 0.2) is 0 Å². The van der Waals surface area contributed by atoms with Crippen molar-refractivity contribution in [1.82, 2.24) is 5.32 Å². The van der Waals surface area contributed by atoms with Crippen molar-refractivity contribution in [2.24, 2.45) is 0 Å². The minimum Gasteiger partial charge on any atom is -0.406 e. The van der Waals surface area contributed by atoms with E-state index < -0.39 is 24.1 Å². The van der Waals surface area contributed by atoms with E-state index in [9.17, 15) is 23.1 Å². The van der Waals surface area contributed by atoms with Crippen molar-refractivity contribution in [3.05, 3.63) is 63.7 Å². The lowest BCUT2D eigenvalue weighted by Crippen LogP contribution is -2.28. The average molecular weight is 413 g/mol. The number of aliphatic hydroxyl groups excluding tert-OH is 1. The van der Waals surface area contributed by atoms with Crippen molar-refractivity contribution >= 4 is 28.6 Å². The number of benzene rings is 1.